The third kappa shape index (κ3) is 5.39. The highest BCUT2D eigenvalue weighted by molar-refractivity contribution is 5.91. The molecule has 2 N–H and O–H groups in total. The Hall–Kier alpha value is -2.21. The molecule has 5 heteroatoms. The molecular formula is C20H24N2O3. The first kappa shape index (κ1) is 17.6. The van der Waals surface area contributed by atoms with E-state index in [1.807, 2.05) is 48.5 Å². The zero-order valence-electron chi connectivity index (χ0n) is 14.2. The van der Waals surface area contributed by atoms with Gasteiger partial charge in [-0.15, -0.1) is 0 Å². The molecule has 0 saturated carbocycles. The first-order chi connectivity index (χ1) is 12.2. The van der Waals surface area contributed by atoms with Crippen LogP contribution in [0.3, 0.4) is 0 Å². The highest BCUT2D eigenvalue weighted by Gasteiger charge is 2.14. The molecule has 1 amide bonds. The Morgan fingerprint density at radius 2 is 1.88 bits per heavy atom. The third-order valence-electron chi connectivity index (χ3n) is 4.28. The number of ether oxygens (including phenoxy) is 1. The summed E-state index contributed by atoms with van der Waals surface area (Å²) in [7, 11) is 0. The highest BCUT2D eigenvalue weighted by Crippen LogP contribution is 2.18. The predicted octanol–water partition coefficient (Wildman–Crippen LogP) is 2.58. The Morgan fingerprint density at radius 3 is 2.64 bits per heavy atom. The molecule has 2 aromatic carbocycles. The van der Waals surface area contributed by atoms with E-state index in [9.17, 15) is 9.90 Å². The molecule has 1 fully saturated rings. The van der Waals surface area contributed by atoms with Gasteiger partial charge in [0.25, 0.3) is 0 Å². The van der Waals surface area contributed by atoms with Crippen LogP contribution in [0.4, 0.5) is 5.69 Å². The van der Waals surface area contributed by atoms with Gasteiger partial charge in [-0.25, -0.2) is 0 Å². The molecular weight excluding hydrogens is 316 g/mol. The van der Waals surface area contributed by atoms with Crippen LogP contribution in [0.15, 0.2) is 54.6 Å². The smallest absolute Gasteiger partial charge is 0.227 e. The van der Waals surface area contributed by atoms with Crippen molar-refractivity contribution in [3.8, 4) is 0 Å². The van der Waals surface area contributed by atoms with Crippen molar-refractivity contribution in [1.29, 1.82) is 0 Å². The van der Waals surface area contributed by atoms with Crippen LogP contribution in [-0.2, 0) is 16.1 Å². The molecule has 25 heavy (non-hydrogen) atoms. The lowest BCUT2D eigenvalue weighted by molar-refractivity contribution is -0.118. The van der Waals surface area contributed by atoms with Crippen molar-refractivity contribution in [2.24, 2.45) is 0 Å². The van der Waals surface area contributed by atoms with Crippen LogP contribution in [0.25, 0.3) is 0 Å². The van der Waals surface area contributed by atoms with Crippen LogP contribution in [0.5, 0.6) is 0 Å². The number of nitrogens with zero attached hydrogens (tertiary/aromatic N) is 1. The molecule has 0 aliphatic carbocycles. The SMILES string of the molecule is O=C(CC(O)c1ccccc1)Nc1cccc(CN2CCOCC2)c1. The molecule has 0 spiro atoms. The van der Waals surface area contributed by atoms with Gasteiger partial charge in [0, 0.05) is 25.3 Å². The summed E-state index contributed by atoms with van der Waals surface area (Å²) in [5.41, 5.74) is 2.66. The first-order valence-electron chi connectivity index (χ1n) is 8.62. The Morgan fingerprint density at radius 1 is 1.12 bits per heavy atom. The Kier molecular flexibility index (Phi) is 6.17. The van der Waals surface area contributed by atoms with Gasteiger partial charge in [0.1, 0.15) is 0 Å². The van der Waals surface area contributed by atoms with Crippen molar-refractivity contribution >= 4 is 11.6 Å². The van der Waals surface area contributed by atoms with Crippen molar-refractivity contribution in [1.82, 2.24) is 4.90 Å². The number of morpholine rings is 1. The first-order valence-corrected chi connectivity index (χ1v) is 8.62. The second-order valence-electron chi connectivity index (χ2n) is 6.27. The number of nitrogens with one attached hydrogen (secondary N) is 1. The van der Waals surface area contributed by atoms with E-state index in [0.717, 1.165) is 49.7 Å². The third-order valence-corrected chi connectivity index (χ3v) is 4.28. The van der Waals surface area contributed by atoms with Crippen LogP contribution in [0.2, 0.25) is 0 Å². The van der Waals surface area contributed by atoms with E-state index in [0.29, 0.717) is 0 Å². The fraction of sp³-hybridized carbons (Fsp3) is 0.350. The second-order valence-corrected chi connectivity index (χ2v) is 6.27. The molecule has 1 saturated heterocycles. The maximum absolute atomic E-state index is 12.2. The number of carbonyl (C=O) groups is 1. The standard InChI is InChI=1S/C20H24N2O3/c23-19(17-6-2-1-3-7-17)14-20(24)21-18-8-4-5-16(13-18)15-22-9-11-25-12-10-22/h1-8,13,19,23H,9-12,14-15H2,(H,21,24). The van der Waals surface area contributed by atoms with E-state index in [4.69, 9.17) is 4.74 Å². The monoisotopic (exact) mass is 340 g/mol. The van der Waals surface area contributed by atoms with Crippen LogP contribution in [0, 0.1) is 0 Å². The van der Waals surface area contributed by atoms with E-state index in [-0.39, 0.29) is 12.3 Å². The average molecular weight is 340 g/mol. The topological polar surface area (TPSA) is 61.8 Å². The van der Waals surface area contributed by atoms with E-state index in [1.54, 1.807) is 0 Å². The molecule has 1 aliphatic rings. The summed E-state index contributed by atoms with van der Waals surface area (Å²) in [4.78, 5) is 14.5. The van der Waals surface area contributed by atoms with Crippen molar-refractivity contribution in [2.75, 3.05) is 31.6 Å². The van der Waals surface area contributed by atoms with Crippen molar-refractivity contribution in [3.63, 3.8) is 0 Å². The highest BCUT2D eigenvalue weighted by atomic mass is 16.5. The molecule has 1 unspecified atom stereocenters. The summed E-state index contributed by atoms with van der Waals surface area (Å²) in [5.74, 6) is -0.195. The van der Waals surface area contributed by atoms with E-state index >= 15 is 0 Å². The number of amides is 1. The predicted molar refractivity (Wildman–Crippen MR) is 97.2 cm³/mol. The van der Waals surface area contributed by atoms with Gasteiger partial charge in [-0.3, -0.25) is 9.69 Å². The number of aliphatic hydroxyl groups excluding tert-OH is 1. The fourth-order valence-electron chi connectivity index (χ4n) is 2.95. The second kappa shape index (κ2) is 8.76. The molecule has 1 aliphatic heterocycles. The normalized spacial score (nSPS) is 16.4. The summed E-state index contributed by atoms with van der Waals surface area (Å²) in [6, 6.07) is 17.1. The lowest BCUT2D eigenvalue weighted by Crippen LogP contribution is -2.35. The number of carbonyl (C=O) groups excluding carboxylic acids is 1. The van der Waals surface area contributed by atoms with E-state index in [2.05, 4.69) is 16.3 Å². The molecule has 3 rings (SSSR count). The van der Waals surface area contributed by atoms with Crippen molar-refractivity contribution in [2.45, 2.75) is 19.1 Å². The Bertz CT molecular complexity index is 684. The quantitative estimate of drug-likeness (QED) is 0.848. The summed E-state index contributed by atoms with van der Waals surface area (Å²) >= 11 is 0. The van der Waals surface area contributed by atoms with Crippen molar-refractivity contribution < 1.29 is 14.6 Å². The van der Waals surface area contributed by atoms with Gasteiger partial charge in [0.15, 0.2) is 0 Å². The Balaban J connectivity index is 1.55. The lowest BCUT2D eigenvalue weighted by Gasteiger charge is -2.26. The van der Waals surface area contributed by atoms with Gasteiger partial charge in [0.2, 0.25) is 5.91 Å². The van der Waals surface area contributed by atoms with Crippen LogP contribution in [-0.4, -0.2) is 42.2 Å². The minimum Gasteiger partial charge on any atom is -0.388 e. The molecule has 0 radical (unpaired) electrons. The largest absolute Gasteiger partial charge is 0.388 e. The van der Waals surface area contributed by atoms with Gasteiger partial charge in [-0.05, 0) is 23.3 Å². The van der Waals surface area contributed by atoms with Crippen LogP contribution in [0.1, 0.15) is 23.7 Å². The van der Waals surface area contributed by atoms with Gasteiger partial charge in [-0.2, -0.15) is 0 Å². The minimum atomic E-state index is -0.794. The van der Waals surface area contributed by atoms with Gasteiger partial charge in [0.05, 0.1) is 25.7 Å². The molecule has 1 heterocycles. The summed E-state index contributed by atoms with van der Waals surface area (Å²) < 4.78 is 5.36. The zero-order chi connectivity index (χ0) is 17.5. The molecule has 2 aromatic rings. The number of hydrogen-bond acceptors (Lipinski definition) is 4. The summed E-state index contributed by atoms with van der Waals surface area (Å²) in [5, 5.41) is 13.0. The summed E-state index contributed by atoms with van der Waals surface area (Å²) in [6.45, 7) is 4.25. The molecule has 0 aromatic heterocycles. The summed E-state index contributed by atoms with van der Waals surface area (Å²) in [6.07, 6.45) is -0.754. The van der Waals surface area contributed by atoms with Gasteiger partial charge < -0.3 is 15.2 Å². The van der Waals surface area contributed by atoms with Crippen LogP contribution < -0.4 is 5.32 Å². The van der Waals surface area contributed by atoms with E-state index < -0.39 is 6.10 Å². The molecule has 132 valence electrons. The number of aliphatic hydroxyl groups is 1. The minimum absolute atomic E-state index is 0.0394. The fourth-order valence-corrected chi connectivity index (χ4v) is 2.95. The van der Waals surface area contributed by atoms with Gasteiger partial charge in [-0.1, -0.05) is 42.5 Å². The lowest BCUT2D eigenvalue weighted by atomic mass is 10.1. The zero-order valence-corrected chi connectivity index (χ0v) is 14.2. The Labute approximate surface area is 148 Å². The van der Waals surface area contributed by atoms with E-state index in [1.165, 1.54) is 0 Å². The number of rotatable bonds is 6. The molecule has 0 bridgehead atoms. The molecule has 5 nitrogen and oxygen atoms in total. The molecule has 1 atom stereocenters. The number of hydrogen-bond donors (Lipinski definition) is 2. The number of benzene rings is 2. The maximum Gasteiger partial charge on any atom is 0.227 e. The van der Waals surface area contributed by atoms with Crippen LogP contribution >= 0.6 is 0 Å². The maximum atomic E-state index is 12.2. The number of anilines is 1. The van der Waals surface area contributed by atoms with Crippen molar-refractivity contribution in [3.05, 3.63) is 65.7 Å². The van der Waals surface area contributed by atoms with Gasteiger partial charge >= 0.3 is 0 Å². The average Bonchev–Trinajstić information content (AvgIpc) is 2.63.